The molecule has 2 saturated heterocycles. The van der Waals surface area contributed by atoms with Crippen LogP contribution in [-0.4, -0.2) is 71.8 Å². The van der Waals surface area contributed by atoms with Crippen molar-refractivity contribution < 1.29 is 31.5 Å². The second kappa shape index (κ2) is 8.64. The van der Waals surface area contributed by atoms with Crippen molar-refractivity contribution in [3.05, 3.63) is 16.1 Å². The largest absolute Gasteiger partial charge is 0.490 e. The van der Waals surface area contributed by atoms with Gasteiger partial charge in [-0.05, 0) is 26.3 Å². The molecule has 0 bridgehead atoms. The molecule has 12 heteroatoms. The molecular weight excluding hydrogens is 419 g/mol. The zero-order valence-electron chi connectivity index (χ0n) is 15.7. The molecule has 0 atom stereocenters. The topological polar surface area (TPSA) is 90.8 Å². The van der Waals surface area contributed by atoms with Crippen molar-refractivity contribution in [3.8, 4) is 0 Å². The van der Waals surface area contributed by atoms with E-state index in [4.69, 9.17) is 9.90 Å². The molecule has 2 aliphatic rings. The molecule has 3 heterocycles. The highest BCUT2D eigenvalue weighted by Gasteiger charge is 2.51. The van der Waals surface area contributed by atoms with Crippen molar-refractivity contribution >= 4 is 27.3 Å². The first-order valence-corrected chi connectivity index (χ1v) is 11.3. The molecule has 0 radical (unpaired) electrons. The first-order valence-electron chi connectivity index (χ1n) is 8.78. The average molecular weight is 444 g/mol. The summed E-state index contributed by atoms with van der Waals surface area (Å²) in [7, 11) is -3.01. The summed E-state index contributed by atoms with van der Waals surface area (Å²) >= 11 is 1.69. The van der Waals surface area contributed by atoms with E-state index in [1.54, 1.807) is 15.6 Å². The minimum atomic E-state index is -5.08. The molecule has 1 aromatic heterocycles. The van der Waals surface area contributed by atoms with E-state index in [0.717, 1.165) is 36.8 Å². The third kappa shape index (κ3) is 5.88. The molecule has 28 heavy (non-hydrogen) atoms. The molecule has 2 aliphatic heterocycles. The lowest BCUT2D eigenvalue weighted by molar-refractivity contribution is -0.192. The molecule has 3 rings (SSSR count). The van der Waals surface area contributed by atoms with Crippen LogP contribution in [0.2, 0.25) is 0 Å². The molecule has 0 amide bonds. The molecule has 2 fully saturated rings. The van der Waals surface area contributed by atoms with Gasteiger partial charge in [0.05, 0.1) is 16.5 Å². The maximum Gasteiger partial charge on any atom is 0.490 e. The quantitative estimate of drug-likeness (QED) is 0.751. The highest BCUT2D eigenvalue weighted by atomic mass is 32.2. The minimum Gasteiger partial charge on any atom is -0.475 e. The Bertz CT molecular complexity index is 789. The molecule has 1 N–H and O–H groups in total. The first kappa shape index (κ1) is 23.0. The van der Waals surface area contributed by atoms with Gasteiger partial charge in [-0.25, -0.2) is 22.5 Å². The number of carbonyl (C=O) groups is 1. The Morgan fingerprint density at radius 2 is 1.96 bits per heavy atom. The Labute approximate surface area is 166 Å². The lowest BCUT2D eigenvalue weighted by Gasteiger charge is -2.47. The number of aryl methyl sites for hydroxylation is 1. The Morgan fingerprint density at radius 3 is 2.43 bits per heavy atom. The highest BCUT2D eigenvalue weighted by molar-refractivity contribution is 7.89. The summed E-state index contributed by atoms with van der Waals surface area (Å²) < 4.78 is 57.5. The van der Waals surface area contributed by atoms with Crippen LogP contribution < -0.4 is 0 Å². The number of hydrogen-bond donors (Lipinski definition) is 1. The number of halogens is 3. The maximum atomic E-state index is 12.0. The van der Waals surface area contributed by atoms with E-state index in [1.165, 1.54) is 0 Å². The highest BCUT2D eigenvalue weighted by Crippen LogP contribution is 2.41. The van der Waals surface area contributed by atoms with Gasteiger partial charge >= 0.3 is 12.1 Å². The molecule has 0 unspecified atom stereocenters. The Kier molecular flexibility index (Phi) is 7.11. The zero-order valence-corrected chi connectivity index (χ0v) is 17.3. The summed E-state index contributed by atoms with van der Waals surface area (Å²) in [4.78, 5) is 15.8. The number of nitrogens with zero attached hydrogens (tertiary/aromatic N) is 3. The smallest absolute Gasteiger partial charge is 0.475 e. The van der Waals surface area contributed by atoms with Crippen molar-refractivity contribution in [3.63, 3.8) is 0 Å². The van der Waals surface area contributed by atoms with Crippen molar-refractivity contribution in [2.75, 3.05) is 31.9 Å². The fourth-order valence-electron chi connectivity index (χ4n) is 3.42. The summed E-state index contributed by atoms with van der Waals surface area (Å²) in [6.07, 6.45) is -3.28. The van der Waals surface area contributed by atoms with Gasteiger partial charge in [0, 0.05) is 37.0 Å². The number of carboxylic acids is 1. The molecule has 1 spiro atoms. The van der Waals surface area contributed by atoms with E-state index < -0.39 is 22.2 Å². The van der Waals surface area contributed by atoms with Gasteiger partial charge in [-0.1, -0.05) is 6.92 Å². The fourth-order valence-corrected chi connectivity index (χ4v) is 5.74. The van der Waals surface area contributed by atoms with Crippen LogP contribution in [0.25, 0.3) is 0 Å². The van der Waals surface area contributed by atoms with E-state index >= 15 is 0 Å². The van der Waals surface area contributed by atoms with Gasteiger partial charge in [0.1, 0.15) is 0 Å². The number of hydrogen-bond acceptors (Lipinski definition) is 6. The molecule has 160 valence electrons. The van der Waals surface area contributed by atoms with Gasteiger partial charge in [-0.3, -0.25) is 4.90 Å². The molecule has 0 aliphatic carbocycles. The molecule has 1 aromatic rings. The van der Waals surface area contributed by atoms with Gasteiger partial charge in [-0.15, -0.1) is 11.3 Å². The van der Waals surface area contributed by atoms with Crippen molar-refractivity contribution in [1.29, 1.82) is 0 Å². The Morgan fingerprint density at radius 1 is 1.36 bits per heavy atom. The molecule has 0 aromatic carbocycles. The first-order chi connectivity index (χ1) is 12.9. The molecule has 0 saturated carbocycles. The van der Waals surface area contributed by atoms with Crippen LogP contribution in [0.1, 0.15) is 30.5 Å². The summed E-state index contributed by atoms with van der Waals surface area (Å²) in [5.74, 6) is -2.47. The van der Waals surface area contributed by atoms with Crippen molar-refractivity contribution in [2.45, 2.75) is 39.4 Å². The third-order valence-electron chi connectivity index (χ3n) is 4.69. The summed E-state index contributed by atoms with van der Waals surface area (Å²) in [5.41, 5.74) is 1.34. The van der Waals surface area contributed by atoms with E-state index in [2.05, 4.69) is 15.3 Å². The number of alkyl halides is 3. The SMILES string of the molecule is CCCS(=O)(=O)N1CC2(CCN(Cc3csc(C)n3)C2)C1.O=C(O)C(F)(F)F. The van der Waals surface area contributed by atoms with Crippen LogP contribution in [0.3, 0.4) is 0 Å². The van der Waals surface area contributed by atoms with E-state index in [0.29, 0.717) is 19.5 Å². The standard InChI is InChI=1S/C14H23N3O2S2.C2HF3O2/c1-3-6-21(18,19)17-10-14(11-17)4-5-16(9-14)7-13-8-20-12(2)15-13;3-2(4,5)1(6)7/h8H,3-7,9-11H2,1-2H3;(H,6,7). The van der Waals surface area contributed by atoms with E-state index in [1.807, 2.05) is 13.8 Å². The van der Waals surface area contributed by atoms with Gasteiger partial charge in [0.2, 0.25) is 10.0 Å². The Hall–Kier alpha value is -1.24. The lowest BCUT2D eigenvalue weighted by atomic mass is 9.81. The van der Waals surface area contributed by atoms with Gasteiger partial charge in [0.15, 0.2) is 0 Å². The number of likely N-dealkylation sites (tertiary alicyclic amines) is 1. The molecule has 7 nitrogen and oxygen atoms in total. The summed E-state index contributed by atoms with van der Waals surface area (Å²) in [6.45, 7) is 8.32. The molecular formula is C16H24F3N3O4S2. The number of carboxylic acid groups (broad SMARTS) is 1. The number of sulfonamides is 1. The second-order valence-corrected chi connectivity index (χ2v) is 10.4. The third-order valence-corrected chi connectivity index (χ3v) is 7.48. The zero-order chi connectivity index (χ0) is 21.2. The van der Waals surface area contributed by atoms with Crippen LogP contribution in [-0.2, 0) is 21.4 Å². The monoisotopic (exact) mass is 443 g/mol. The average Bonchev–Trinajstić information content (AvgIpc) is 3.12. The number of rotatable bonds is 5. The van der Waals surface area contributed by atoms with Crippen LogP contribution in [0, 0.1) is 12.3 Å². The predicted molar refractivity (Wildman–Crippen MR) is 98.5 cm³/mol. The van der Waals surface area contributed by atoms with Crippen molar-refractivity contribution in [2.24, 2.45) is 5.41 Å². The number of aromatic nitrogens is 1. The van der Waals surface area contributed by atoms with E-state index in [-0.39, 0.29) is 11.2 Å². The summed E-state index contributed by atoms with van der Waals surface area (Å²) in [6, 6.07) is 0. The van der Waals surface area contributed by atoms with Gasteiger partial charge in [0.25, 0.3) is 0 Å². The fraction of sp³-hybridized carbons (Fsp3) is 0.750. The minimum absolute atomic E-state index is 0.200. The lowest BCUT2D eigenvalue weighted by Crippen LogP contribution is -2.59. The van der Waals surface area contributed by atoms with Crippen molar-refractivity contribution in [1.82, 2.24) is 14.2 Å². The van der Waals surface area contributed by atoms with Gasteiger partial charge < -0.3 is 5.11 Å². The maximum absolute atomic E-state index is 12.0. The number of thiazole rings is 1. The van der Waals surface area contributed by atoms with Crippen LogP contribution in [0.4, 0.5) is 13.2 Å². The predicted octanol–water partition coefficient (Wildman–Crippen LogP) is 2.33. The number of aliphatic carboxylic acids is 1. The van der Waals surface area contributed by atoms with E-state index in [9.17, 15) is 21.6 Å². The van der Waals surface area contributed by atoms with Crippen LogP contribution in [0.5, 0.6) is 0 Å². The van der Waals surface area contributed by atoms with Gasteiger partial charge in [-0.2, -0.15) is 13.2 Å². The van der Waals surface area contributed by atoms with Crippen LogP contribution in [0.15, 0.2) is 5.38 Å². The second-order valence-electron chi connectivity index (χ2n) is 7.21. The Balaban J connectivity index is 0.000000345. The van der Waals surface area contributed by atoms with Crippen LogP contribution >= 0.6 is 11.3 Å². The normalized spacial score (nSPS) is 19.9. The summed E-state index contributed by atoms with van der Waals surface area (Å²) in [5, 5.41) is 10.4.